The van der Waals surface area contributed by atoms with Crippen molar-refractivity contribution in [3.63, 3.8) is 0 Å². The number of carbonyl (C=O) groups is 2. The summed E-state index contributed by atoms with van der Waals surface area (Å²) in [6.07, 6.45) is -10.7. The lowest BCUT2D eigenvalue weighted by atomic mass is 10.3. The number of hydrogen-bond acceptors (Lipinski definition) is 10. The molecule has 2 N–H and O–H groups in total. The minimum absolute atomic E-state index is 0.400. The predicted octanol–water partition coefficient (Wildman–Crippen LogP) is 1.54. The van der Waals surface area contributed by atoms with Gasteiger partial charge < -0.3 is 10.6 Å². The zero-order chi connectivity index (χ0) is 35.1. The Morgan fingerprint density at radius 1 is 0.609 bits per heavy atom. The van der Waals surface area contributed by atoms with E-state index in [1.54, 1.807) is 0 Å². The molecule has 46 heavy (non-hydrogen) atoms. The summed E-state index contributed by atoms with van der Waals surface area (Å²) in [5.41, 5.74) is -1.08. The van der Waals surface area contributed by atoms with E-state index in [4.69, 9.17) is 0 Å². The second kappa shape index (κ2) is 14.8. The van der Waals surface area contributed by atoms with Crippen molar-refractivity contribution in [1.82, 2.24) is 19.2 Å². The van der Waals surface area contributed by atoms with Gasteiger partial charge in [-0.1, -0.05) is 0 Å². The zero-order valence-corrected chi connectivity index (χ0v) is 24.5. The molecule has 0 atom stereocenters. The fourth-order valence-electron chi connectivity index (χ4n) is 3.49. The second-order valence-electron chi connectivity index (χ2n) is 8.82. The Balaban J connectivity index is 2.44. The third-order valence-electron chi connectivity index (χ3n) is 5.78. The highest BCUT2D eigenvalue weighted by atomic mass is 32.2. The van der Waals surface area contributed by atoms with Gasteiger partial charge in [0.25, 0.3) is 11.4 Å². The predicted molar refractivity (Wildman–Crippen MR) is 142 cm³/mol. The molecule has 0 radical (unpaired) electrons. The third-order valence-corrected chi connectivity index (χ3v) is 9.60. The molecule has 0 fully saturated rings. The topological polar surface area (TPSA) is 219 Å². The van der Waals surface area contributed by atoms with Crippen LogP contribution in [0.2, 0.25) is 0 Å². The van der Waals surface area contributed by atoms with E-state index in [1.807, 2.05) is 0 Å². The van der Waals surface area contributed by atoms with Gasteiger partial charge in [0.2, 0.25) is 20.0 Å². The highest BCUT2D eigenvalue weighted by molar-refractivity contribution is 7.89. The maximum absolute atomic E-state index is 13.3. The lowest BCUT2D eigenvalue weighted by molar-refractivity contribution is -0.385. The Hall–Kier alpha value is -4.42. The number of nitrogens with zero attached hydrogens (tertiary/aromatic N) is 4. The van der Waals surface area contributed by atoms with Crippen molar-refractivity contribution in [2.75, 3.05) is 39.3 Å². The molecule has 0 aliphatic heterocycles. The summed E-state index contributed by atoms with van der Waals surface area (Å²) in [6, 6.07) is 6.21. The van der Waals surface area contributed by atoms with Crippen LogP contribution in [-0.2, 0) is 29.6 Å². The van der Waals surface area contributed by atoms with Crippen LogP contribution in [-0.4, -0.2) is 98.7 Å². The summed E-state index contributed by atoms with van der Waals surface area (Å²) in [4.78, 5) is 41.3. The fraction of sp³-hybridized carbons (Fsp3) is 0.364. The van der Waals surface area contributed by atoms with E-state index in [2.05, 4.69) is 0 Å². The first kappa shape index (κ1) is 37.8. The van der Waals surface area contributed by atoms with Gasteiger partial charge in [0.05, 0.1) is 19.6 Å². The first-order chi connectivity index (χ1) is 21.1. The highest BCUT2D eigenvalue weighted by Crippen LogP contribution is 2.23. The second-order valence-corrected chi connectivity index (χ2v) is 12.7. The molecule has 0 saturated carbocycles. The van der Waals surface area contributed by atoms with Crippen molar-refractivity contribution in [3.05, 3.63) is 68.8 Å². The van der Waals surface area contributed by atoms with Crippen LogP contribution in [0.25, 0.3) is 0 Å². The largest absolute Gasteiger partial charge is 0.471 e. The third kappa shape index (κ3) is 10.0. The van der Waals surface area contributed by atoms with E-state index in [0.717, 1.165) is 48.5 Å². The van der Waals surface area contributed by atoms with Gasteiger partial charge in [-0.05, 0) is 24.3 Å². The van der Waals surface area contributed by atoms with Crippen molar-refractivity contribution in [3.8, 4) is 0 Å². The maximum Gasteiger partial charge on any atom is 0.471 e. The summed E-state index contributed by atoms with van der Waals surface area (Å²) in [7, 11) is -9.58. The molecule has 24 heteroatoms. The number of sulfonamides is 2. The van der Waals surface area contributed by atoms with Crippen LogP contribution in [0.4, 0.5) is 37.7 Å². The number of carbonyl (C=O) groups excluding carboxylic acids is 2. The van der Waals surface area contributed by atoms with Gasteiger partial charge >= 0.3 is 24.2 Å². The Morgan fingerprint density at radius 3 is 1.13 bits per heavy atom. The lowest BCUT2D eigenvalue weighted by Gasteiger charge is -2.27. The molecule has 0 aliphatic rings. The minimum Gasteiger partial charge on any atom is -0.347 e. The van der Waals surface area contributed by atoms with Crippen LogP contribution in [0.1, 0.15) is 0 Å². The number of rotatable bonds is 15. The number of halogens is 6. The van der Waals surface area contributed by atoms with Gasteiger partial charge in [0.1, 0.15) is 0 Å². The maximum atomic E-state index is 13.3. The van der Waals surface area contributed by atoms with Crippen LogP contribution >= 0.6 is 0 Å². The number of nitrogens with one attached hydrogen (secondary N) is 2. The smallest absolute Gasteiger partial charge is 0.347 e. The lowest BCUT2D eigenvalue weighted by Crippen LogP contribution is -2.47. The van der Waals surface area contributed by atoms with E-state index in [-0.39, 0.29) is 0 Å². The van der Waals surface area contributed by atoms with Crippen LogP contribution in [0.3, 0.4) is 0 Å². The van der Waals surface area contributed by atoms with Crippen LogP contribution in [0.15, 0.2) is 58.3 Å². The normalized spacial score (nSPS) is 12.6. The Kier molecular flexibility index (Phi) is 12.1. The molecule has 0 aliphatic carbocycles. The van der Waals surface area contributed by atoms with Gasteiger partial charge in [-0.15, -0.1) is 0 Å². The summed E-state index contributed by atoms with van der Waals surface area (Å²) >= 11 is 0. The molecule has 0 saturated heterocycles. The van der Waals surface area contributed by atoms with Crippen molar-refractivity contribution in [2.24, 2.45) is 0 Å². The van der Waals surface area contributed by atoms with Crippen LogP contribution in [0, 0.1) is 20.2 Å². The number of nitro benzene ring substituents is 2. The van der Waals surface area contributed by atoms with Crippen molar-refractivity contribution in [2.45, 2.75) is 22.1 Å². The zero-order valence-electron chi connectivity index (χ0n) is 22.8. The van der Waals surface area contributed by atoms with E-state index in [9.17, 15) is 73.0 Å². The molecule has 16 nitrogen and oxygen atoms in total. The van der Waals surface area contributed by atoms with Gasteiger partial charge in [0.15, 0.2) is 0 Å². The van der Waals surface area contributed by atoms with Gasteiger partial charge in [-0.25, -0.2) is 16.8 Å². The molecule has 2 rings (SSSR count). The SMILES string of the molecule is O=C(NCCN(CCN(CCNC(=O)C(F)(F)F)S(=O)(=O)c1ccc([N+](=O)[O-])cc1)S(=O)(=O)c1ccc([N+](=O)[O-])cc1)C(F)(F)F. The number of benzene rings is 2. The molecular weight excluding hydrogens is 686 g/mol. The summed E-state index contributed by atoms with van der Waals surface area (Å²) < 4.78 is 130. The average Bonchev–Trinajstić information content (AvgIpc) is 2.96. The van der Waals surface area contributed by atoms with Gasteiger partial charge in [0, 0.05) is 63.5 Å². The first-order valence-electron chi connectivity index (χ1n) is 12.3. The number of nitro groups is 2. The monoisotopic (exact) mass is 708 g/mol. The van der Waals surface area contributed by atoms with E-state index < -0.39 is 114 Å². The number of hydrogen-bond donors (Lipinski definition) is 2. The standard InChI is InChI=1S/C22H22F6N6O10S2/c23-21(24,25)19(35)29-9-11-31(45(41,42)17-5-1-15(2-6-17)33(37)38)13-14-32(12-10-30-20(36)22(26,27)28)46(43,44)18-7-3-16(4-8-18)34(39)40/h1-8H,9-14H2,(H,29,35)(H,30,36). The summed E-state index contributed by atoms with van der Waals surface area (Å²) in [6.45, 7) is -5.61. The van der Waals surface area contributed by atoms with Gasteiger partial charge in [-0.3, -0.25) is 29.8 Å². The number of alkyl halides is 6. The molecule has 0 spiro atoms. The first-order valence-corrected chi connectivity index (χ1v) is 15.2. The van der Waals surface area contributed by atoms with Crippen LogP contribution in [0.5, 0.6) is 0 Å². The van der Waals surface area contributed by atoms with Gasteiger partial charge in [-0.2, -0.15) is 35.0 Å². The Bertz CT molecular complexity index is 1530. The fourth-order valence-corrected chi connectivity index (χ4v) is 6.36. The Morgan fingerprint density at radius 2 is 0.891 bits per heavy atom. The molecule has 0 aromatic heterocycles. The van der Waals surface area contributed by atoms with Crippen molar-refractivity contribution < 1.29 is 62.6 Å². The molecule has 0 bridgehead atoms. The molecular formula is C22H22F6N6O10S2. The molecule has 0 unspecified atom stereocenters. The molecule has 254 valence electrons. The number of amides is 2. The van der Waals surface area contributed by atoms with Crippen molar-refractivity contribution in [1.29, 1.82) is 0 Å². The van der Waals surface area contributed by atoms with E-state index >= 15 is 0 Å². The number of non-ortho nitro benzene ring substituents is 2. The molecule has 2 aromatic carbocycles. The van der Waals surface area contributed by atoms with E-state index in [0.29, 0.717) is 8.61 Å². The minimum atomic E-state index is -5.35. The van der Waals surface area contributed by atoms with Crippen LogP contribution < -0.4 is 10.6 Å². The van der Waals surface area contributed by atoms with E-state index in [1.165, 1.54) is 10.6 Å². The van der Waals surface area contributed by atoms with Crippen molar-refractivity contribution >= 4 is 43.2 Å². The quantitative estimate of drug-likeness (QED) is 0.154. The average molecular weight is 709 g/mol. The highest BCUT2D eigenvalue weighted by Gasteiger charge is 2.39. The molecule has 2 aromatic rings. The summed E-state index contributed by atoms with van der Waals surface area (Å²) in [5, 5.41) is 24.7. The molecule has 2 amide bonds. The molecule has 0 heterocycles. The summed E-state index contributed by atoms with van der Waals surface area (Å²) in [5.74, 6) is -4.88. The Labute approximate surface area is 255 Å².